The molecular weight excluding hydrogens is 250 g/mol. The van der Waals surface area contributed by atoms with E-state index in [2.05, 4.69) is 26.1 Å². The summed E-state index contributed by atoms with van der Waals surface area (Å²) in [6, 6.07) is 5.01. The highest BCUT2D eigenvalue weighted by Crippen LogP contribution is 2.23. The Labute approximate surface area is 113 Å². The number of carboxylic acids is 1. The van der Waals surface area contributed by atoms with Crippen molar-refractivity contribution in [2.24, 2.45) is 5.92 Å². The van der Waals surface area contributed by atoms with Crippen LogP contribution in [0.5, 0.6) is 0 Å². The van der Waals surface area contributed by atoms with Crippen LogP contribution in [0, 0.1) is 5.92 Å². The first kappa shape index (κ1) is 14.8. The number of carboxylic acid groups (broad SMARTS) is 1. The summed E-state index contributed by atoms with van der Waals surface area (Å²) in [4.78, 5) is 11.1. The van der Waals surface area contributed by atoms with Gasteiger partial charge in [-0.1, -0.05) is 31.9 Å². The van der Waals surface area contributed by atoms with Crippen molar-refractivity contribution in [1.82, 2.24) is 0 Å². The molecule has 1 aromatic rings. The molecule has 1 rings (SSSR count). The van der Waals surface area contributed by atoms with E-state index in [0.29, 0.717) is 16.6 Å². The van der Waals surface area contributed by atoms with Gasteiger partial charge in [0.2, 0.25) is 0 Å². The van der Waals surface area contributed by atoms with Gasteiger partial charge in [0, 0.05) is 11.1 Å². The molecule has 0 fully saturated rings. The number of halogens is 1. The molecular formula is C14H20ClNO2. The quantitative estimate of drug-likeness (QED) is 0.811. The predicted molar refractivity (Wildman–Crippen MR) is 75.6 cm³/mol. The Balaban J connectivity index is 2.82. The Bertz CT molecular complexity index is 420. The molecule has 0 bridgehead atoms. The zero-order valence-electron chi connectivity index (χ0n) is 11.0. The highest BCUT2D eigenvalue weighted by molar-refractivity contribution is 6.31. The molecule has 4 heteroatoms. The zero-order chi connectivity index (χ0) is 13.7. The summed E-state index contributed by atoms with van der Waals surface area (Å²) >= 11 is 5.91. The lowest BCUT2D eigenvalue weighted by Crippen LogP contribution is -2.20. The topological polar surface area (TPSA) is 49.3 Å². The number of carbonyl (C=O) groups is 1. The molecule has 0 heterocycles. The zero-order valence-corrected chi connectivity index (χ0v) is 11.8. The monoisotopic (exact) mass is 269 g/mol. The van der Waals surface area contributed by atoms with E-state index in [1.807, 2.05) is 0 Å². The molecule has 0 saturated carbocycles. The lowest BCUT2D eigenvalue weighted by atomic mass is 10.00. The largest absolute Gasteiger partial charge is 0.478 e. The van der Waals surface area contributed by atoms with E-state index in [1.54, 1.807) is 12.1 Å². The second-order valence-electron chi connectivity index (χ2n) is 4.79. The minimum Gasteiger partial charge on any atom is -0.478 e. The molecule has 0 aromatic heterocycles. The molecule has 0 spiro atoms. The second kappa shape index (κ2) is 6.64. The van der Waals surface area contributed by atoms with Crippen LogP contribution in [0.4, 0.5) is 5.69 Å². The molecule has 0 radical (unpaired) electrons. The van der Waals surface area contributed by atoms with E-state index in [4.69, 9.17) is 16.7 Å². The molecule has 0 aliphatic rings. The van der Waals surface area contributed by atoms with Crippen molar-refractivity contribution in [2.75, 3.05) is 5.32 Å². The Morgan fingerprint density at radius 2 is 2.11 bits per heavy atom. The van der Waals surface area contributed by atoms with Crippen LogP contribution in [-0.4, -0.2) is 17.1 Å². The van der Waals surface area contributed by atoms with Gasteiger partial charge >= 0.3 is 5.97 Å². The Kier molecular flexibility index (Phi) is 5.48. The van der Waals surface area contributed by atoms with Gasteiger partial charge in [-0.2, -0.15) is 0 Å². The van der Waals surface area contributed by atoms with Gasteiger partial charge in [0.15, 0.2) is 0 Å². The van der Waals surface area contributed by atoms with Crippen LogP contribution < -0.4 is 5.32 Å². The first-order chi connectivity index (χ1) is 8.43. The number of nitrogens with one attached hydrogen (secondary N) is 1. The van der Waals surface area contributed by atoms with E-state index in [1.165, 1.54) is 6.07 Å². The van der Waals surface area contributed by atoms with Crippen LogP contribution in [0.25, 0.3) is 0 Å². The fourth-order valence-corrected chi connectivity index (χ4v) is 2.09. The second-order valence-corrected chi connectivity index (χ2v) is 5.23. The van der Waals surface area contributed by atoms with Crippen LogP contribution in [0.2, 0.25) is 5.02 Å². The van der Waals surface area contributed by atoms with Crippen LogP contribution >= 0.6 is 11.6 Å². The lowest BCUT2D eigenvalue weighted by molar-refractivity contribution is 0.0698. The average Bonchev–Trinajstić information content (AvgIpc) is 2.28. The molecule has 100 valence electrons. The first-order valence-electron chi connectivity index (χ1n) is 6.23. The highest BCUT2D eigenvalue weighted by Gasteiger charge is 2.13. The third-order valence-corrected chi connectivity index (χ3v) is 3.30. The van der Waals surface area contributed by atoms with Gasteiger partial charge in [0.05, 0.1) is 11.3 Å². The molecule has 2 N–H and O–H groups in total. The van der Waals surface area contributed by atoms with Crippen molar-refractivity contribution < 1.29 is 9.90 Å². The summed E-state index contributed by atoms with van der Waals surface area (Å²) < 4.78 is 0. The van der Waals surface area contributed by atoms with Crippen LogP contribution in [0.15, 0.2) is 18.2 Å². The van der Waals surface area contributed by atoms with Gasteiger partial charge in [-0.15, -0.1) is 0 Å². The lowest BCUT2D eigenvalue weighted by Gasteiger charge is -2.20. The summed E-state index contributed by atoms with van der Waals surface area (Å²) in [5.41, 5.74) is 0.848. The number of hydrogen-bond acceptors (Lipinski definition) is 2. The van der Waals surface area contributed by atoms with E-state index in [-0.39, 0.29) is 11.6 Å². The number of benzene rings is 1. The maximum atomic E-state index is 11.1. The summed E-state index contributed by atoms with van der Waals surface area (Å²) in [6.07, 6.45) is 2.12. The average molecular weight is 270 g/mol. The smallest absolute Gasteiger partial charge is 0.337 e. The molecule has 0 amide bonds. The van der Waals surface area contributed by atoms with E-state index in [9.17, 15) is 4.79 Å². The van der Waals surface area contributed by atoms with E-state index < -0.39 is 5.97 Å². The standard InChI is InChI=1S/C14H20ClNO2/c1-4-9(2)7-10(3)16-13-8-11(15)5-6-12(13)14(17)18/h5-6,8-10,16H,4,7H2,1-3H3,(H,17,18). The third kappa shape index (κ3) is 4.22. The molecule has 0 aliphatic carbocycles. The number of hydrogen-bond donors (Lipinski definition) is 2. The van der Waals surface area contributed by atoms with Crippen LogP contribution in [0.3, 0.4) is 0 Å². The van der Waals surface area contributed by atoms with E-state index in [0.717, 1.165) is 12.8 Å². The molecule has 1 aromatic carbocycles. The molecule has 18 heavy (non-hydrogen) atoms. The van der Waals surface area contributed by atoms with Gasteiger partial charge in [-0.05, 0) is 37.5 Å². The van der Waals surface area contributed by atoms with Crippen molar-refractivity contribution in [2.45, 2.75) is 39.7 Å². The first-order valence-corrected chi connectivity index (χ1v) is 6.61. The molecule has 0 aliphatic heterocycles. The van der Waals surface area contributed by atoms with Crippen molar-refractivity contribution in [3.63, 3.8) is 0 Å². The Morgan fingerprint density at radius 3 is 2.67 bits per heavy atom. The Hall–Kier alpha value is -1.22. The van der Waals surface area contributed by atoms with Gasteiger partial charge < -0.3 is 10.4 Å². The maximum Gasteiger partial charge on any atom is 0.337 e. The third-order valence-electron chi connectivity index (χ3n) is 3.07. The summed E-state index contributed by atoms with van der Waals surface area (Å²) in [6.45, 7) is 6.40. The maximum absolute atomic E-state index is 11.1. The van der Waals surface area contributed by atoms with Crippen molar-refractivity contribution in [3.05, 3.63) is 28.8 Å². The van der Waals surface area contributed by atoms with Crippen molar-refractivity contribution in [1.29, 1.82) is 0 Å². The fraction of sp³-hybridized carbons (Fsp3) is 0.500. The van der Waals surface area contributed by atoms with Gasteiger partial charge in [0.25, 0.3) is 0 Å². The van der Waals surface area contributed by atoms with Gasteiger partial charge in [0.1, 0.15) is 0 Å². The van der Waals surface area contributed by atoms with Gasteiger partial charge in [-0.3, -0.25) is 0 Å². The van der Waals surface area contributed by atoms with Crippen LogP contribution in [0.1, 0.15) is 44.0 Å². The molecule has 3 nitrogen and oxygen atoms in total. The summed E-state index contributed by atoms with van der Waals surface area (Å²) in [5, 5.41) is 12.9. The minimum atomic E-state index is -0.940. The number of anilines is 1. The SMILES string of the molecule is CCC(C)CC(C)Nc1cc(Cl)ccc1C(=O)O. The minimum absolute atomic E-state index is 0.219. The number of rotatable bonds is 6. The summed E-state index contributed by atoms with van der Waals surface area (Å²) in [5.74, 6) is -0.329. The van der Waals surface area contributed by atoms with Crippen molar-refractivity contribution in [3.8, 4) is 0 Å². The Morgan fingerprint density at radius 1 is 1.44 bits per heavy atom. The predicted octanol–water partition coefficient (Wildman–Crippen LogP) is 4.27. The number of aromatic carboxylic acids is 1. The highest BCUT2D eigenvalue weighted by atomic mass is 35.5. The fourth-order valence-electron chi connectivity index (χ4n) is 1.92. The summed E-state index contributed by atoms with van der Waals surface area (Å²) in [7, 11) is 0. The van der Waals surface area contributed by atoms with E-state index >= 15 is 0 Å². The molecule has 0 saturated heterocycles. The normalized spacial score (nSPS) is 14.0. The van der Waals surface area contributed by atoms with Gasteiger partial charge in [-0.25, -0.2) is 4.79 Å². The molecule has 2 unspecified atom stereocenters. The van der Waals surface area contributed by atoms with Crippen molar-refractivity contribution >= 4 is 23.3 Å². The van der Waals surface area contributed by atoms with Crippen LogP contribution in [-0.2, 0) is 0 Å². The molecule has 2 atom stereocenters.